The topological polar surface area (TPSA) is 24.5 Å². The van der Waals surface area contributed by atoms with Crippen LogP contribution in [0.1, 0.15) is 17.2 Å². The van der Waals surface area contributed by atoms with E-state index in [-0.39, 0.29) is 6.04 Å². The first-order valence-electron chi connectivity index (χ1n) is 6.52. The van der Waals surface area contributed by atoms with E-state index in [2.05, 4.69) is 22.3 Å². The highest BCUT2D eigenvalue weighted by Gasteiger charge is 2.30. The van der Waals surface area contributed by atoms with Crippen LogP contribution in [-0.4, -0.2) is 24.1 Å². The lowest BCUT2D eigenvalue weighted by Crippen LogP contribution is -2.38. The van der Waals surface area contributed by atoms with E-state index in [0.717, 1.165) is 22.6 Å². The molecule has 2 aromatic rings. The minimum absolute atomic E-state index is 0.0658. The molecule has 0 amide bonds. The van der Waals surface area contributed by atoms with E-state index in [1.54, 1.807) is 0 Å². The summed E-state index contributed by atoms with van der Waals surface area (Å²) in [4.78, 5) is 2.06. The molecule has 0 aromatic heterocycles. The van der Waals surface area contributed by atoms with Gasteiger partial charge in [-0.05, 0) is 24.4 Å². The Kier molecular flexibility index (Phi) is 3.32. The van der Waals surface area contributed by atoms with E-state index in [4.69, 9.17) is 17.0 Å². The van der Waals surface area contributed by atoms with Crippen molar-refractivity contribution >= 4 is 17.3 Å². The molecule has 0 bridgehead atoms. The number of nitrogens with zero attached hydrogens (tertiary/aromatic N) is 1. The van der Waals surface area contributed by atoms with Crippen LogP contribution in [0.15, 0.2) is 48.5 Å². The molecule has 0 atom stereocenters. The second-order valence-electron chi connectivity index (χ2n) is 4.75. The average Bonchev–Trinajstić information content (AvgIpc) is 2.51. The first kappa shape index (κ1) is 12.9. The van der Waals surface area contributed by atoms with Crippen molar-refractivity contribution in [2.24, 2.45) is 0 Å². The number of rotatable bonds is 1. The predicted octanol–water partition coefficient (Wildman–Crippen LogP) is 3.32. The number of benzene rings is 2. The van der Waals surface area contributed by atoms with Gasteiger partial charge >= 0.3 is 0 Å². The minimum atomic E-state index is 0.0658. The Balaban J connectivity index is 2.15. The van der Waals surface area contributed by atoms with Crippen molar-refractivity contribution in [1.29, 1.82) is 0 Å². The molecule has 3 rings (SSSR count). The molecule has 0 saturated carbocycles. The number of ether oxygens (including phenoxy) is 1. The van der Waals surface area contributed by atoms with Gasteiger partial charge in [-0.15, -0.1) is 0 Å². The lowest BCUT2D eigenvalue weighted by atomic mass is 9.94. The molecule has 2 aromatic carbocycles. The van der Waals surface area contributed by atoms with Crippen LogP contribution in [0, 0.1) is 0 Å². The Morgan fingerprint density at radius 1 is 1.05 bits per heavy atom. The van der Waals surface area contributed by atoms with Gasteiger partial charge < -0.3 is 15.0 Å². The maximum absolute atomic E-state index is 5.98. The van der Waals surface area contributed by atoms with Gasteiger partial charge in [0.25, 0.3) is 0 Å². The smallest absolute Gasteiger partial charge is 0.169 e. The summed E-state index contributed by atoms with van der Waals surface area (Å²) >= 11 is 5.39. The van der Waals surface area contributed by atoms with E-state index < -0.39 is 0 Å². The molecule has 1 heterocycles. The fourth-order valence-electron chi connectivity index (χ4n) is 2.60. The Morgan fingerprint density at radius 2 is 1.55 bits per heavy atom. The van der Waals surface area contributed by atoms with Crippen LogP contribution in [0.3, 0.4) is 0 Å². The summed E-state index contributed by atoms with van der Waals surface area (Å²) in [5.74, 6) is 1.78. The van der Waals surface area contributed by atoms with Crippen LogP contribution < -0.4 is 10.1 Å². The SMILES string of the molecule is CNC(=S)N(C)C1c2ccccc2Oc2ccccc21. The third kappa shape index (κ3) is 2.02. The maximum atomic E-state index is 5.98. The summed E-state index contributed by atoms with van der Waals surface area (Å²) in [6.07, 6.45) is 0. The zero-order valence-corrected chi connectivity index (χ0v) is 12.3. The van der Waals surface area contributed by atoms with Gasteiger partial charge in [-0.25, -0.2) is 0 Å². The fraction of sp³-hybridized carbons (Fsp3) is 0.188. The summed E-state index contributed by atoms with van der Waals surface area (Å²) in [5, 5.41) is 3.75. The van der Waals surface area contributed by atoms with Crippen molar-refractivity contribution in [2.75, 3.05) is 14.1 Å². The van der Waals surface area contributed by atoms with Crippen LogP contribution in [0.25, 0.3) is 0 Å². The van der Waals surface area contributed by atoms with Crippen LogP contribution in [0.5, 0.6) is 11.5 Å². The third-order valence-corrected chi connectivity index (χ3v) is 4.06. The normalized spacial score (nSPS) is 12.9. The van der Waals surface area contributed by atoms with Gasteiger partial charge in [0.05, 0.1) is 6.04 Å². The van der Waals surface area contributed by atoms with Crippen LogP contribution >= 0.6 is 12.2 Å². The maximum Gasteiger partial charge on any atom is 0.169 e. The highest BCUT2D eigenvalue weighted by atomic mass is 32.1. The number of hydrogen-bond acceptors (Lipinski definition) is 2. The molecule has 0 fully saturated rings. The van der Waals surface area contributed by atoms with E-state index >= 15 is 0 Å². The van der Waals surface area contributed by atoms with E-state index in [9.17, 15) is 0 Å². The average molecular weight is 284 g/mol. The standard InChI is InChI=1S/C16H16N2OS/c1-17-16(20)18(2)15-11-7-3-5-9-13(11)19-14-10-6-4-8-12(14)15/h3-10,15H,1-2H3,(H,17,20). The van der Waals surface area contributed by atoms with Crippen molar-refractivity contribution in [1.82, 2.24) is 10.2 Å². The quantitative estimate of drug-likeness (QED) is 0.812. The zero-order valence-electron chi connectivity index (χ0n) is 11.5. The highest BCUT2D eigenvalue weighted by Crippen LogP contribution is 2.44. The Bertz CT molecular complexity index is 611. The highest BCUT2D eigenvalue weighted by molar-refractivity contribution is 7.80. The predicted molar refractivity (Wildman–Crippen MR) is 84.2 cm³/mol. The van der Waals surface area contributed by atoms with Gasteiger partial charge in [-0.1, -0.05) is 36.4 Å². The van der Waals surface area contributed by atoms with Gasteiger partial charge in [-0.3, -0.25) is 0 Å². The molecule has 3 nitrogen and oxygen atoms in total. The number of nitrogens with one attached hydrogen (secondary N) is 1. The number of fused-ring (bicyclic) bond motifs is 2. The van der Waals surface area contributed by atoms with Gasteiger partial charge in [-0.2, -0.15) is 0 Å². The first-order chi connectivity index (χ1) is 9.72. The van der Waals surface area contributed by atoms with Crippen molar-refractivity contribution in [3.05, 3.63) is 59.7 Å². The van der Waals surface area contributed by atoms with E-state index in [1.807, 2.05) is 50.5 Å². The lowest BCUT2D eigenvalue weighted by Gasteiger charge is -2.35. The second kappa shape index (κ2) is 5.13. The number of hydrogen-bond donors (Lipinski definition) is 1. The molecule has 0 saturated heterocycles. The van der Waals surface area contributed by atoms with Crippen molar-refractivity contribution in [3.8, 4) is 11.5 Å². The van der Waals surface area contributed by atoms with Crippen molar-refractivity contribution in [3.63, 3.8) is 0 Å². The summed E-state index contributed by atoms with van der Waals surface area (Å²) in [5.41, 5.74) is 2.26. The van der Waals surface area contributed by atoms with E-state index in [0.29, 0.717) is 5.11 Å². The summed E-state index contributed by atoms with van der Waals surface area (Å²) < 4.78 is 5.98. The van der Waals surface area contributed by atoms with Gasteiger partial charge in [0.15, 0.2) is 5.11 Å². The van der Waals surface area contributed by atoms with Gasteiger partial charge in [0.1, 0.15) is 11.5 Å². The second-order valence-corrected chi connectivity index (χ2v) is 5.13. The van der Waals surface area contributed by atoms with Gasteiger partial charge in [0, 0.05) is 25.2 Å². The molecule has 1 aliphatic rings. The summed E-state index contributed by atoms with van der Waals surface area (Å²) in [7, 11) is 3.85. The molecule has 0 radical (unpaired) electrons. The molecular weight excluding hydrogens is 268 g/mol. The van der Waals surface area contributed by atoms with Gasteiger partial charge in [0.2, 0.25) is 0 Å². The molecule has 1 N–H and O–H groups in total. The van der Waals surface area contributed by atoms with Crippen LogP contribution in [-0.2, 0) is 0 Å². The Morgan fingerprint density at radius 3 is 2.05 bits per heavy atom. The monoisotopic (exact) mass is 284 g/mol. The molecular formula is C16H16N2OS. The molecule has 20 heavy (non-hydrogen) atoms. The minimum Gasteiger partial charge on any atom is -0.457 e. The molecule has 102 valence electrons. The number of thiocarbonyl (C=S) groups is 1. The Hall–Kier alpha value is -2.07. The molecule has 4 heteroatoms. The largest absolute Gasteiger partial charge is 0.457 e. The third-order valence-electron chi connectivity index (χ3n) is 3.57. The fourth-order valence-corrected chi connectivity index (χ4v) is 2.70. The summed E-state index contributed by atoms with van der Waals surface area (Å²) in [6.45, 7) is 0. The Labute approximate surface area is 124 Å². The molecule has 0 aliphatic carbocycles. The first-order valence-corrected chi connectivity index (χ1v) is 6.93. The lowest BCUT2D eigenvalue weighted by molar-refractivity contribution is 0.363. The van der Waals surface area contributed by atoms with E-state index in [1.165, 1.54) is 0 Å². The van der Waals surface area contributed by atoms with Crippen molar-refractivity contribution in [2.45, 2.75) is 6.04 Å². The molecule has 0 spiro atoms. The zero-order chi connectivity index (χ0) is 14.1. The number of para-hydroxylation sites is 2. The molecule has 1 aliphatic heterocycles. The van der Waals surface area contributed by atoms with Crippen LogP contribution in [0.2, 0.25) is 0 Å². The molecule has 0 unspecified atom stereocenters. The summed E-state index contributed by atoms with van der Waals surface area (Å²) in [6, 6.07) is 16.3. The van der Waals surface area contributed by atoms with Crippen molar-refractivity contribution < 1.29 is 4.74 Å². The van der Waals surface area contributed by atoms with Crippen LogP contribution in [0.4, 0.5) is 0 Å².